The molecule has 2 aromatic carbocycles. The molecule has 2 atom stereocenters. The number of nitrogens with zero attached hydrogens (tertiary/aromatic N) is 1. The monoisotopic (exact) mass is 553 g/mol. The van der Waals surface area contributed by atoms with E-state index < -0.39 is 41.0 Å². The number of carbonyl (C=O) groups is 2. The second-order valence-corrected chi connectivity index (χ2v) is 9.61. The zero-order valence-electron chi connectivity index (χ0n) is 21.6. The Labute approximate surface area is 223 Å². The third-order valence-electron chi connectivity index (χ3n) is 7.52. The van der Waals surface area contributed by atoms with Crippen LogP contribution in [0.1, 0.15) is 29.9 Å². The van der Waals surface area contributed by atoms with Crippen LogP contribution in [0.5, 0.6) is 5.75 Å². The lowest BCUT2D eigenvalue weighted by Gasteiger charge is -2.50. The van der Waals surface area contributed by atoms with E-state index in [-0.39, 0.29) is 57.0 Å². The molecule has 2 heterocycles. The van der Waals surface area contributed by atoms with Crippen LogP contribution in [0.25, 0.3) is 0 Å². The standard InChI is InChI=1S/C27H31F4N3O5/c1-37-14-15-39-22-16-19(28)8-9-20(22)21-17-32-24(36)33-25(21)10-12-34(13-11-25)23(35)26(38-2,27(29,30)31)18-6-4-3-5-7-18/h3-9,16,21H,10-15,17H2,1-2H3,(H2,32,33,36)/t21-,26+/m0/s1. The van der Waals surface area contributed by atoms with Gasteiger partial charge >= 0.3 is 12.2 Å². The van der Waals surface area contributed by atoms with Gasteiger partial charge in [0.15, 0.2) is 0 Å². The van der Waals surface area contributed by atoms with Gasteiger partial charge in [0.2, 0.25) is 0 Å². The fourth-order valence-corrected chi connectivity index (χ4v) is 5.52. The molecule has 2 saturated heterocycles. The summed E-state index contributed by atoms with van der Waals surface area (Å²) in [5, 5.41) is 5.69. The predicted octanol–water partition coefficient (Wildman–Crippen LogP) is 3.71. The van der Waals surface area contributed by atoms with E-state index in [4.69, 9.17) is 14.2 Å². The maximum atomic E-state index is 14.5. The zero-order valence-corrected chi connectivity index (χ0v) is 21.6. The number of rotatable bonds is 8. The molecule has 1 spiro atoms. The molecule has 0 unspecified atom stereocenters. The molecule has 4 rings (SSSR count). The molecule has 3 amide bonds. The Morgan fingerprint density at radius 3 is 2.38 bits per heavy atom. The summed E-state index contributed by atoms with van der Waals surface area (Å²) in [6.45, 7) is 0.514. The third-order valence-corrected chi connectivity index (χ3v) is 7.52. The third kappa shape index (κ3) is 5.40. The second kappa shape index (κ2) is 11.4. The van der Waals surface area contributed by atoms with Gasteiger partial charge in [0.25, 0.3) is 11.5 Å². The number of methoxy groups -OCH3 is 2. The van der Waals surface area contributed by atoms with Crippen molar-refractivity contribution in [3.05, 3.63) is 65.5 Å². The Bertz CT molecular complexity index is 1170. The van der Waals surface area contributed by atoms with Crippen molar-refractivity contribution in [3.8, 4) is 5.75 Å². The summed E-state index contributed by atoms with van der Waals surface area (Å²) < 4.78 is 73.2. The average molecular weight is 554 g/mol. The lowest BCUT2D eigenvalue weighted by molar-refractivity contribution is -0.270. The van der Waals surface area contributed by atoms with Crippen molar-refractivity contribution in [1.82, 2.24) is 15.5 Å². The SMILES string of the molecule is COCCOc1cc(F)ccc1[C@@H]1CNC(=O)NC12CCN(C(=O)[C@](OC)(c1ccccc1)C(F)(F)F)CC2. The summed E-state index contributed by atoms with van der Waals surface area (Å²) in [7, 11) is 2.38. The molecule has 39 heavy (non-hydrogen) atoms. The van der Waals surface area contributed by atoms with E-state index in [0.717, 1.165) is 12.0 Å². The Morgan fingerprint density at radius 2 is 1.77 bits per heavy atom. The minimum atomic E-state index is -5.02. The summed E-state index contributed by atoms with van der Waals surface area (Å²) in [5.41, 5.74) is -3.76. The van der Waals surface area contributed by atoms with E-state index >= 15 is 0 Å². The number of likely N-dealkylation sites (tertiary alicyclic amines) is 1. The van der Waals surface area contributed by atoms with Crippen LogP contribution in [0.2, 0.25) is 0 Å². The van der Waals surface area contributed by atoms with E-state index in [0.29, 0.717) is 5.56 Å². The first kappa shape index (κ1) is 28.6. The number of urea groups is 1. The van der Waals surface area contributed by atoms with E-state index in [2.05, 4.69) is 10.6 Å². The van der Waals surface area contributed by atoms with Crippen molar-refractivity contribution in [3.63, 3.8) is 0 Å². The summed E-state index contributed by atoms with van der Waals surface area (Å²) in [4.78, 5) is 27.1. The zero-order chi connectivity index (χ0) is 28.3. The van der Waals surface area contributed by atoms with Gasteiger partial charge in [0.05, 0.1) is 12.1 Å². The summed E-state index contributed by atoms with van der Waals surface area (Å²) in [5.74, 6) is -1.85. The highest BCUT2D eigenvalue weighted by atomic mass is 19.4. The Hall–Kier alpha value is -3.38. The van der Waals surface area contributed by atoms with Crippen LogP contribution >= 0.6 is 0 Å². The molecule has 2 N–H and O–H groups in total. The van der Waals surface area contributed by atoms with Crippen LogP contribution < -0.4 is 15.4 Å². The first-order chi connectivity index (χ1) is 18.6. The molecule has 0 aromatic heterocycles. The van der Waals surface area contributed by atoms with Crippen LogP contribution in [0, 0.1) is 5.82 Å². The molecule has 0 aliphatic carbocycles. The Balaban J connectivity index is 1.63. The number of hydrogen-bond donors (Lipinski definition) is 2. The number of carbonyl (C=O) groups excluding carboxylic acids is 2. The quantitative estimate of drug-likeness (QED) is 0.385. The molecule has 12 heteroatoms. The van der Waals surface area contributed by atoms with Gasteiger partial charge in [-0.3, -0.25) is 4.79 Å². The molecular weight excluding hydrogens is 522 g/mol. The van der Waals surface area contributed by atoms with Gasteiger partial charge in [0, 0.05) is 57.0 Å². The van der Waals surface area contributed by atoms with Gasteiger partial charge in [-0.05, 0) is 18.9 Å². The molecule has 2 aliphatic heterocycles. The van der Waals surface area contributed by atoms with E-state index in [1.807, 2.05) is 0 Å². The van der Waals surface area contributed by atoms with Crippen LogP contribution in [0.3, 0.4) is 0 Å². The highest BCUT2D eigenvalue weighted by Gasteiger charge is 2.64. The minimum absolute atomic E-state index is 0.0648. The number of nitrogens with one attached hydrogen (secondary N) is 2. The van der Waals surface area contributed by atoms with Crippen molar-refractivity contribution in [2.75, 3.05) is 47.1 Å². The number of amides is 3. The Morgan fingerprint density at radius 1 is 1.08 bits per heavy atom. The number of ether oxygens (including phenoxy) is 3. The van der Waals surface area contributed by atoms with Crippen molar-refractivity contribution in [2.24, 2.45) is 0 Å². The Kier molecular flexibility index (Phi) is 8.36. The van der Waals surface area contributed by atoms with Crippen molar-refractivity contribution in [2.45, 2.75) is 36.1 Å². The number of piperidine rings is 1. The van der Waals surface area contributed by atoms with Crippen LogP contribution in [-0.4, -0.2) is 75.6 Å². The fourth-order valence-electron chi connectivity index (χ4n) is 5.52. The maximum absolute atomic E-state index is 14.5. The van der Waals surface area contributed by atoms with Crippen molar-refractivity contribution in [1.29, 1.82) is 0 Å². The van der Waals surface area contributed by atoms with Gasteiger partial charge in [-0.1, -0.05) is 36.4 Å². The first-order valence-corrected chi connectivity index (χ1v) is 12.5. The van der Waals surface area contributed by atoms with E-state index in [1.165, 1.54) is 43.5 Å². The van der Waals surface area contributed by atoms with Crippen molar-refractivity contribution >= 4 is 11.9 Å². The molecule has 212 valence electrons. The summed E-state index contributed by atoms with van der Waals surface area (Å²) in [6, 6.07) is 10.5. The predicted molar refractivity (Wildman–Crippen MR) is 133 cm³/mol. The van der Waals surface area contributed by atoms with Crippen LogP contribution in [0.4, 0.5) is 22.4 Å². The first-order valence-electron chi connectivity index (χ1n) is 12.5. The number of hydrogen-bond acceptors (Lipinski definition) is 5. The van der Waals surface area contributed by atoms with Gasteiger partial charge in [-0.15, -0.1) is 0 Å². The lowest BCUT2D eigenvalue weighted by atomic mass is 9.71. The highest BCUT2D eigenvalue weighted by molar-refractivity contribution is 5.88. The molecular formula is C27H31F4N3O5. The largest absolute Gasteiger partial charge is 0.491 e. The molecule has 0 radical (unpaired) electrons. The molecule has 0 saturated carbocycles. The van der Waals surface area contributed by atoms with E-state index in [1.54, 1.807) is 12.1 Å². The topological polar surface area (TPSA) is 89.1 Å². The summed E-state index contributed by atoms with van der Waals surface area (Å²) in [6.07, 6.45) is -4.69. The maximum Gasteiger partial charge on any atom is 0.430 e. The van der Waals surface area contributed by atoms with Crippen LogP contribution in [-0.2, 0) is 19.9 Å². The minimum Gasteiger partial charge on any atom is -0.491 e. The smallest absolute Gasteiger partial charge is 0.430 e. The van der Waals surface area contributed by atoms with Crippen LogP contribution in [0.15, 0.2) is 48.5 Å². The van der Waals surface area contributed by atoms with Gasteiger partial charge in [-0.2, -0.15) is 13.2 Å². The molecule has 8 nitrogen and oxygen atoms in total. The number of alkyl halides is 3. The highest BCUT2D eigenvalue weighted by Crippen LogP contribution is 2.46. The van der Waals surface area contributed by atoms with Crippen molar-refractivity contribution < 1.29 is 41.4 Å². The molecule has 2 aromatic rings. The summed E-state index contributed by atoms with van der Waals surface area (Å²) >= 11 is 0. The molecule has 2 aliphatic rings. The van der Waals surface area contributed by atoms with E-state index in [9.17, 15) is 27.2 Å². The fraction of sp³-hybridized carbons (Fsp3) is 0.481. The molecule has 0 bridgehead atoms. The lowest BCUT2D eigenvalue weighted by Crippen LogP contribution is -2.67. The second-order valence-electron chi connectivity index (χ2n) is 9.61. The van der Waals surface area contributed by atoms with Gasteiger partial charge < -0.3 is 29.7 Å². The molecule has 2 fully saturated rings. The number of benzene rings is 2. The van der Waals surface area contributed by atoms with Gasteiger partial charge in [-0.25, -0.2) is 9.18 Å². The normalized spacial score (nSPS) is 20.6. The number of halogens is 4. The average Bonchev–Trinajstić information content (AvgIpc) is 2.90. The van der Waals surface area contributed by atoms with Gasteiger partial charge in [0.1, 0.15) is 18.2 Å².